The molecule has 4 heterocycles. The van der Waals surface area contributed by atoms with Gasteiger partial charge in [0.1, 0.15) is 17.3 Å². The van der Waals surface area contributed by atoms with Crippen molar-refractivity contribution in [3.8, 4) is 22.8 Å². The minimum absolute atomic E-state index is 0.155. The molecule has 2 aromatic heterocycles. The second-order valence-electron chi connectivity index (χ2n) is 6.86. The fraction of sp³-hybridized carbons (Fsp3) is 0.286. The molecule has 1 amide bonds. The molecule has 8 nitrogen and oxygen atoms in total. The van der Waals surface area contributed by atoms with E-state index in [-0.39, 0.29) is 12.5 Å². The molecular weight excluding hydrogens is 404 g/mol. The van der Waals surface area contributed by atoms with Gasteiger partial charge in [-0.05, 0) is 24.3 Å². The molecule has 5 rings (SSSR count). The molecule has 2 aliphatic heterocycles. The van der Waals surface area contributed by atoms with Gasteiger partial charge in [-0.1, -0.05) is 23.5 Å². The molecule has 0 saturated carbocycles. The average Bonchev–Trinajstić information content (AvgIpc) is 3.23. The van der Waals surface area contributed by atoms with Gasteiger partial charge in [-0.3, -0.25) is 15.1 Å². The highest BCUT2D eigenvalue weighted by atomic mass is 32.1. The van der Waals surface area contributed by atoms with Gasteiger partial charge in [-0.2, -0.15) is 0 Å². The lowest BCUT2D eigenvalue weighted by atomic mass is 10.2. The summed E-state index contributed by atoms with van der Waals surface area (Å²) in [6.45, 7) is 3.06. The van der Waals surface area contributed by atoms with E-state index in [0.717, 1.165) is 29.3 Å². The number of rotatable bonds is 4. The molecule has 3 aromatic rings. The number of nitrogens with zero attached hydrogens (tertiary/aromatic N) is 3. The summed E-state index contributed by atoms with van der Waals surface area (Å²) >= 11 is 1.45. The lowest BCUT2D eigenvalue weighted by Crippen LogP contribution is -2.40. The number of benzene rings is 1. The second kappa shape index (κ2) is 8.29. The van der Waals surface area contributed by atoms with E-state index in [1.807, 2.05) is 30.3 Å². The molecule has 0 bridgehead atoms. The van der Waals surface area contributed by atoms with Gasteiger partial charge in [-0.25, -0.2) is 4.98 Å². The van der Waals surface area contributed by atoms with Crippen molar-refractivity contribution >= 4 is 27.4 Å². The number of carbonyl (C=O) groups is 1. The van der Waals surface area contributed by atoms with E-state index < -0.39 is 6.10 Å². The summed E-state index contributed by atoms with van der Waals surface area (Å²) in [5.74, 6) is 0.924. The summed E-state index contributed by atoms with van der Waals surface area (Å²) < 4.78 is 16.9. The third-order valence-electron chi connectivity index (χ3n) is 4.89. The SMILES string of the molecule is O=C(Nc1nc(-c2ccncc2)c(N2CCOCC2)s1)C1COc2ccccc2O1. The highest BCUT2D eigenvalue weighted by Gasteiger charge is 2.29. The van der Waals surface area contributed by atoms with E-state index >= 15 is 0 Å². The van der Waals surface area contributed by atoms with Crippen molar-refractivity contribution in [2.24, 2.45) is 0 Å². The van der Waals surface area contributed by atoms with Gasteiger partial charge in [-0.15, -0.1) is 0 Å². The van der Waals surface area contributed by atoms with Crippen LogP contribution in [0.1, 0.15) is 0 Å². The quantitative estimate of drug-likeness (QED) is 0.689. The maximum atomic E-state index is 12.8. The van der Waals surface area contributed by atoms with Crippen molar-refractivity contribution in [2.75, 3.05) is 43.1 Å². The van der Waals surface area contributed by atoms with Crippen LogP contribution in [0, 0.1) is 0 Å². The first-order valence-corrected chi connectivity index (χ1v) is 10.5. The van der Waals surface area contributed by atoms with Gasteiger partial charge in [0.05, 0.1) is 13.2 Å². The normalized spacial score (nSPS) is 18.1. The van der Waals surface area contributed by atoms with Gasteiger partial charge in [0, 0.05) is 31.0 Å². The predicted octanol–water partition coefficient (Wildman–Crippen LogP) is 2.82. The molecule has 1 saturated heterocycles. The minimum Gasteiger partial charge on any atom is -0.485 e. The highest BCUT2D eigenvalue weighted by molar-refractivity contribution is 7.20. The lowest BCUT2D eigenvalue weighted by molar-refractivity contribution is -0.125. The second-order valence-corrected chi connectivity index (χ2v) is 7.84. The van der Waals surface area contributed by atoms with Crippen molar-refractivity contribution in [3.63, 3.8) is 0 Å². The van der Waals surface area contributed by atoms with Crippen LogP contribution in [0.4, 0.5) is 10.1 Å². The Morgan fingerprint density at radius 2 is 1.87 bits per heavy atom. The molecule has 30 heavy (non-hydrogen) atoms. The number of anilines is 2. The third kappa shape index (κ3) is 3.81. The number of hydrogen-bond donors (Lipinski definition) is 1. The van der Waals surface area contributed by atoms with Gasteiger partial charge in [0.15, 0.2) is 16.6 Å². The first-order valence-electron chi connectivity index (χ1n) is 9.71. The predicted molar refractivity (Wildman–Crippen MR) is 113 cm³/mol. The van der Waals surface area contributed by atoms with Crippen LogP contribution in [0.15, 0.2) is 48.8 Å². The molecule has 0 spiro atoms. The number of pyridine rings is 1. The van der Waals surface area contributed by atoms with Crippen LogP contribution in [-0.2, 0) is 9.53 Å². The minimum atomic E-state index is -0.736. The van der Waals surface area contributed by atoms with Gasteiger partial charge < -0.3 is 19.1 Å². The summed E-state index contributed by atoms with van der Waals surface area (Å²) in [6, 6.07) is 11.2. The Morgan fingerprint density at radius 3 is 2.67 bits per heavy atom. The number of nitrogens with one attached hydrogen (secondary N) is 1. The van der Waals surface area contributed by atoms with Crippen molar-refractivity contribution in [2.45, 2.75) is 6.10 Å². The van der Waals surface area contributed by atoms with Gasteiger partial charge in [0.2, 0.25) is 6.10 Å². The summed E-state index contributed by atoms with van der Waals surface area (Å²) in [4.78, 5) is 23.9. The summed E-state index contributed by atoms with van der Waals surface area (Å²) in [5.41, 5.74) is 1.78. The van der Waals surface area contributed by atoms with Crippen LogP contribution in [0.25, 0.3) is 11.3 Å². The molecule has 1 unspecified atom stereocenters. The fourth-order valence-electron chi connectivity index (χ4n) is 3.38. The van der Waals surface area contributed by atoms with Crippen molar-refractivity contribution < 1.29 is 19.0 Å². The first kappa shape index (κ1) is 18.8. The number of thiazole rings is 1. The van der Waals surface area contributed by atoms with E-state index in [1.54, 1.807) is 18.5 Å². The Bertz CT molecular complexity index is 1040. The summed E-state index contributed by atoms with van der Waals surface area (Å²) in [7, 11) is 0. The maximum absolute atomic E-state index is 12.8. The molecule has 1 fully saturated rings. The molecule has 0 radical (unpaired) electrons. The number of morpholine rings is 1. The van der Waals surface area contributed by atoms with Crippen LogP contribution >= 0.6 is 11.3 Å². The Balaban J connectivity index is 1.38. The van der Waals surface area contributed by atoms with Crippen LogP contribution in [-0.4, -0.2) is 54.9 Å². The highest BCUT2D eigenvalue weighted by Crippen LogP contribution is 2.39. The van der Waals surface area contributed by atoms with Crippen molar-refractivity contribution in [1.82, 2.24) is 9.97 Å². The van der Waals surface area contributed by atoms with Crippen LogP contribution in [0.5, 0.6) is 11.5 Å². The van der Waals surface area contributed by atoms with E-state index in [0.29, 0.717) is 29.8 Å². The topological polar surface area (TPSA) is 85.8 Å². The molecule has 0 aliphatic carbocycles. The third-order valence-corrected chi connectivity index (χ3v) is 5.92. The Labute approximate surface area is 177 Å². The number of amides is 1. The summed E-state index contributed by atoms with van der Waals surface area (Å²) in [6.07, 6.45) is 2.74. The van der Waals surface area contributed by atoms with E-state index in [1.165, 1.54) is 11.3 Å². The maximum Gasteiger partial charge on any atom is 0.270 e. The van der Waals surface area contributed by atoms with E-state index in [4.69, 9.17) is 19.2 Å². The zero-order valence-corrected chi connectivity index (χ0v) is 16.9. The molecular formula is C21H20N4O4S. The van der Waals surface area contributed by atoms with Crippen LogP contribution < -0.4 is 19.7 Å². The Kier molecular flexibility index (Phi) is 5.20. The Morgan fingerprint density at radius 1 is 1.10 bits per heavy atom. The molecule has 9 heteroatoms. The number of aromatic nitrogens is 2. The largest absolute Gasteiger partial charge is 0.485 e. The number of fused-ring (bicyclic) bond motifs is 1. The molecule has 1 N–H and O–H groups in total. The lowest BCUT2D eigenvalue weighted by Gasteiger charge is -2.28. The van der Waals surface area contributed by atoms with Gasteiger partial charge in [0.25, 0.3) is 5.91 Å². The molecule has 1 atom stereocenters. The van der Waals surface area contributed by atoms with Crippen molar-refractivity contribution in [1.29, 1.82) is 0 Å². The zero-order valence-electron chi connectivity index (χ0n) is 16.1. The van der Waals surface area contributed by atoms with Crippen LogP contribution in [0.2, 0.25) is 0 Å². The molecule has 2 aliphatic rings. The number of para-hydroxylation sites is 2. The smallest absolute Gasteiger partial charge is 0.270 e. The van der Waals surface area contributed by atoms with E-state index in [9.17, 15) is 4.79 Å². The molecule has 1 aromatic carbocycles. The molecule has 154 valence electrons. The number of ether oxygens (including phenoxy) is 3. The zero-order chi connectivity index (χ0) is 20.3. The van der Waals surface area contributed by atoms with E-state index in [2.05, 4.69) is 15.2 Å². The average molecular weight is 424 g/mol. The monoisotopic (exact) mass is 424 g/mol. The van der Waals surface area contributed by atoms with Crippen LogP contribution in [0.3, 0.4) is 0 Å². The van der Waals surface area contributed by atoms with Gasteiger partial charge >= 0.3 is 0 Å². The van der Waals surface area contributed by atoms with Crippen molar-refractivity contribution in [3.05, 3.63) is 48.8 Å². The Hall–Kier alpha value is -3.17. The summed E-state index contributed by atoms with van der Waals surface area (Å²) in [5, 5.41) is 4.43. The number of carbonyl (C=O) groups excluding carboxylic acids is 1. The number of hydrogen-bond acceptors (Lipinski definition) is 8. The standard InChI is InChI=1S/C21H20N4O4S/c26-19(17-13-28-15-3-1-2-4-16(15)29-17)24-21-23-18(14-5-7-22-8-6-14)20(30-21)25-9-11-27-12-10-25/h1-8,17H,9-13H2,(H,23,24,26). The first-order chi connectivity index (χ1) is 14.8. The fourth-order valence-corrected chi connectivity index (χ4v) is 4.42.